The summed E-state index contributed by atoms with van der Waals surface area (Å²) in [6.07, 6.45) is 0.504. The molecule has 7 heteroatoms. The molecule has 18 heavy (non-hydrogen) atoms. The number of nitrogens with two attached hydrogens (primary N) is 1. The Bertz CT molecular complexity index is 515. The van der Waals surface area contributed by atoms with Crippen LogP contribution in [0.2, 0.25) is 0 Å². The van der Waals surface area contributed by atoms with E-state index in [1.165, 1.54) is 7.11 Å². The topological polar surface area (TPSA) is 100.0 Å². The molecule has 2 heterocycles. The van der Waals surface area contributed by atoms with Crippen molar-refractivity contribution < 1.29 is 9.26 Å². The molecule has 7 nitrogen and oxygen atoms in total. The van der Waals surface area contributed by atoms with Crippen LogP contribution in [0.5, 0.6) is 5.88 Å². The highest BCUT2D eigenvalue weighted by Gasteiger charge is 2.18. The van der Waals surface area contributed by atoms with Gasteiger partial charge in [-0.1, -0.05) is 5.16 Å². The van der Waals surface area contributed by atoms with E-state index in [4.69, 9.17) is 15.0 Å². The van der Waals surface area contributed by atoms with Crippen LogP contribution < -0.4 is 10.5 Å². The first-order valence-electron chi connectivity index (χ1n) is 5.47. The van der Waals surface area contributed by atoms with Crippen molar-refractivity contribution >= 4 is 0 Å². The SMILES string of the molecule is COc1ccc(-c2noc(CC(C)(C)N)n2)nn1. The van der Waals surface area contributed by atoms with Gasteiger partial charge >= 0.3 is 0 Å². The van der Waals surface area contributed by atoms with Crippen molar-refractivity contribution in [3.8, 4) is 17.4 Å². The van der Waals surface area contributed by atoms with E-state index in [1.807, 2.05) is 13.8 Å². The second-order valence-corrected chi connectivity index (χ2v) is 4.64. The molecule has 0 saturated carbocycles. The number of aromatic nitrogens is 4. The predicted octanol–water partition coefficient (Wildman–Crippen LogP) is 0.815. The summed E-state index contributed by atoms with van der Waals surface area (Å²) in [5.74, 6) is 1.31. The minimum atomic E-state index is -0.393. The summed E-state index contributed by atoms with van der Waals surface area (Å²) in [4.78, 5) is 4.22. The van der Waals surface area contributed by atoms with Crippen molar-refractivity contribution in [1.82, 2.24) is 20.3 Å². The molecule has 0 aromatic carbocycles. The average Bonchev–Trinajstić information content (AvgIpc) is 2.75. The fourth-order valence-electron chi connectivity index (χ4n) is 1.37. The third-order valence-corrected chi connectivity index (χ3v) is 2.15. The summed E-state index contributed by atoms with van der Waals surface area (Å²) in [6.45, 7) is 3.79. The molecule has 0 aliphatic rings. The Labute approximate surface area is 104 Å². The molecule has 0 radical (unpaired) electrons. The van der Waals surface area contributed by atoms with Crippen molar-refractivity contribution in [3.63, 3.8) is 0 Å². The number of methoxy groups -OCH3 is 1. The highest BCUT2D eigenvalue weighted by molar-refractivity contribution is 5.47. The van der Waals surface area contributed by atoms with Crippen LogP contribution in [0.25, 0.3) is 11.5 Å². The van der Waals surface area contributed by atoms with E-state index in [0.29, 0.717) is 29.7 Å². The van der Waals surface area contributed by atoms with Crippen molar-refractivity contribution in [2.24, 2.45) is 5.73 Å². The summed E-state index contributed by atoms with van der Waals surface area (Å²) in [5.41, 5.74) is 6.02. The Morgan fingerprint density at radius 2 is 2.11 bits per heavy atom. The fourth-order valence-corrected chi connectivity index (χ4v) is 1.37. The van der Waals surface area contributed by atoms with Crippen LogP contribution in [-0.4, -0.2) is 33.0 Å². The molecule has 0 spiro atoms. The molecule has 2 rings (SSSR count). The monoisotopic (exact) mass is 249 g/mol. The second-order valence-electron chi connectivity index (χ2n) is 4.64. The van der Waals surface area contributed by atoms with E-state index in [1.54, 1.807) is 12.1 Å². The summed E-state index contributed by atoms with van der Waals surface area (Å²) in [5, 5.41) is 11.6. The first kappa shape index (κ1) is 12.4. The highest BCUT2D eigenvalue weighted by Crippen LogP contribution is 2.16. The molecule has 96 valence electrons. The van der Waals surface area contributed by atoms with E-state index < -0.39 is 5.54 Å². The zero-order valence-corrected chi connectivity index (χ0v) is 10.5. The number of hydrogen-bond acceptors (Lipinski definition) is 7. The third-order valence-electron chi connectivity index (χ3n) is 2.15. The van der Waals surface area contributed by atoms with Crippen molar-refractivity contribution in [1.29, 1.82) is 0 Å². The van der Waals surface area contributed by atoms with Crippen molar-refractivity contribution in [2.75, 3.05) is 7.11 Å². The molecule has 0 unspecified atom stereocenters. The van der Waals surface area contributed by atoms with Gasteiger partial charge < -0.3 is 15.0 Å². The summed E-state index contributed by atoms with van der Waals surface area (Å²) >= 11 is 0. The minimum absolute atomic E-state index is 0.393. The van der Waals surface area contributed by atoms with Crippen LogP contribution in [0, 0.1) is 0 Å². The van der Waals surface area contributed by atoms with Crippen LogP contribution in [-0.2, 0) is 6.42 Å². The van der Waals surface area contributed by atoms with E-state index in [9.17, 15) is 0 Å². The van der Waals surface area contributed by atoms with Gasteiger partial charge in [0.15, 0.2) is 0 Å². The molecule has 2 N–H and O–H groups in total. The maximum absolute atomic E-state index is 5.88. The van der Waals surface area contributed by atoms with Crippen LogP contribution in [0.15, 0.2) is 16.7 Å². The smallest absolute Gasteiger partial charge is 0.233 e. The Morgan fingerprint density at radius 3 is 2.67 bits per heavy atom. The van der Waals surface area contributed by atoms with Gasteiger partial charge in [0, 0.05) is 18.0 Å². The maximum Gasteiger partial charge on any atom is 0.233 e. The van der Waals surface area contributed by atoms with Crippen LogP contribution in [0.4, 0.5) is 0 Å². The highest BCUT2D eigenvalue weighted by atomic mass is 16.5. The normalized spacial score (nSPS) is 11.6. The first-order chi connectivity index (χ1) is 8.48. The van der Waals surface area contributed by atoms with Crippen LogP contribution >= 0.6 is 0 Å². The Kier molecular flexibility index (Phi) is 3.24. The number of nitrogens with zero attached hydrogens (tertiary/aromatic N) is 4. The lowest BCUT2D eigenvalue weighted by Crippen LogP contribution is -2.34. The van der Waals surface area contributed by atoms with Gasteiger partial charge in [0.1, 0.15) is 5.69 Å². The number of hydrogen-bond donors (Lipinski definition) is 1. The van der Waals surface area contributed by atoms with Crippen LogP contribution in [0.1, 0.15) is 19.7 Å². The average molecular weight is 249 g/mol. The van der Waals surface area contributed by atoms with Crippen molar-refractivity contribution in [2.45, 2.75) is 25.8 Å². The van der Waals surface area contributed by atoms with E-state index in [2.05, 4.69) is 20.3 Å². The van der Waals surface area contributed by atoms with Gasteiger partial charge in [0.05, 0.1) is 7.11 Å². The van der Waals surface area contributed by atoms with Gasteiger partial charge in [-0.15, -0.1) is 10.2 Å². The number of ether oxygens (including phenoxy) is 1. The van der Waals surface area contributed by atoms with E-state index in [-0.39, 0.29) is 0 Å². The minimum Gasteiger partial charge on any atom is -0.480 e. The van der Waals surface area contributed by atoms with Gasteiger partial charge in [0.25, 0.3) is 0 Å². The fraction of sp³-hybridized carbons (Fsp3) is 0.455. The lowest BCUT2D eigenvalue weighted by atomic mass is 10.0. The molecule has 2 aromatic rings. The molecule has 0 bridgehead atoms. The number of rotatable bonds is 4. The summed E-state index contributed by atoms with van der Waals surface area (Å²) in [7, 11) is 1.53. The Hall–Kier alpha value is -2.02. The zero-order valence-electron chi connectivity index (χ0n) is 10.5. The molecular formula is C11H15N5O2. The lowest BCUT2D eigenvalue weighted by Gasteiger charge is -2.14. The van der Waals surface area contributed by atoms with E-state index >= 15 is 0 Å². The summed E-state index contributed by atoms with van der Waals surface area (Å²) in [6, 6.07) is 3.40. The molecule has 0 saturated heterocycles. The maximum atomic E-state index is 5.88. The van der Waals surface area contributed by atoms with Crippen LogP contribution in [0.3, 0.4) is 0 Å². The van der Waals surface area contributed by atoms with Gasteiger partial charge in [-0.25, -0.2) is 0 Å². The van der Waals surface area contributed by atoms with Gasteiger partial charge in [-0.2, -0.15) is 4.98 Å². The molecule has 0 amide bonds. The lowest BCUT2D eigenvalue weighted by molar-refractivity contribution is 0.348. The molecule has 2 aromatic heterocycles. The Morgan fingerprint density at radius 1 is 1.33 bits per heavy atom. The van der Waals surface area contributed by atoms with Crippen molar-refractivity contribution in [3.05, 3.63) is 18.0 Å². The molecule has 0 aliphatic heterocycles. The standard InChI is InChI=1S/C11H15N5O2/c1-11(2,12)6-9-13-10(16-18-9)7-4-5-8(17-3)15-14-7/h4-5H,6,12H2,1-3H3. The van der Waals surface area contributed by atoms with E-state index in [0.717, 1.165) is 0 Å². The molecule has 0 fully saturated rings. The summed E-state index contributed by atoms with van der Waals surface area (Å²) < 4.78 is 10.0. The second kappa shape index (κ2) is 4.69. The molecule has 0 aliphatic carbocycles. The van der Waals surface area contributed by atoms with Gasteiger partial charge in [-0.3, -0.25) is 0 Å². The van der Waals surface area contributed by atoms with Gasteiger partial charge in [0.2, 0.25) is 17.6 Å². The van der Waals surface area contributed by atoms with Gasteiger partial charge in [-0.05, 0) is 19.9 Å². The first-order valence-corrected chi connectivity index (χ1v) is 5.47. The molecule has 0 atom stereocenters. The zero-order chi connectivity index (χ0) is 13.2. The predicted molar refractivity (Wildman–Crippen MR) is 63.8 cm³/mol. The molecular weight excluding hydrogens is 234 g/mol. The third kappa shape index (κ3) is 3.01. The Balaban J connectivity index is 2.18. The largest absolute Gasteiger partial charge is 0.480 e. The quantitative estimate of drug-likeness (QED) is 0.855.